The van der Waals surface area contributed by atoms with Gasteiger partial charge in [-0.05, 0) is 0 Å². The Morgan fingerprint density at radius 3 is 1.00 bits per heavy atom. The van der Waals surface area contributed by atoms with Gasteiger partial charge in [-0.3, -0.25) is 0 Å². The van der Waals surface area contributed by atoms with E-state index >= 15 is 0 Å². The zero-order valence-corrected chi connectivity index (χ0v) is 7.82. The first-order valence-corrected chi connectivity index (χ1v) is 0. The van der Waals surface area contributed by atoms with Crippen LogP contribution in [0.5, 0.6) is 0 Å². The van der Waals surface area contributed by atoms with E-state index in [0.717, 1.165) is 0 Å². The van der Waals surface area contributed by atoms with Gasteiger partial charge < -0.3 is 5.48 Å². The van der Waals surface area contributed by atoms with Gasteiger partial charge in [-0.15, -0.1) is 0 Å². The van der Waals surface area contributed by atoms with Crippen molar-refractivity contribution >= 4 is 29.6 Å². The van der Waals surface area contributed by atoms with E-state index in [2.05, 4.69) is 0 Å². The molecule has 0 rings (SSSR count). The van der Waals surface area contributed by atoms with Crippen molar-refractivity contribution in [1.29, 1.82) is 0 Å². The van der Waals surface area contributed by atoms with Gasteiger partial charge in [0, 0.05) is 80.2 Å². The summed E-state index contributed by atoms with van der Waals surface area (Å²) in [6.45, 7) is 0. The molecule has 0 aromatic carbocycles. The van der Waals surface area contributed by atoms with Crippen LogP contribution in [0.3, 0.4) is 0 Å². The first kappa shape index (κ1) is 50.8. The van der Waals surface area contributed by atoms with Gasteiger partial charge in [-0.1, -0.05) is 0 Å². The van der Waals surface area contributed by atoms with E-state index in [9.17, 15) is 0 Å². The van der Waals surface area contributed by atoms with Crippen LogP contribution in [-0.4, -0.2) is 35.0 Å². The molecule has 0 aliphatic carbocycles. The van der Waals surface area contributed by atoms with Gasteiger partial charge in [0.05, 0.1) is 0 Å². The van der Waals surface area contributed by atoms with Crippen molar-refractivity contribution in [3.63, 3.8) is 0 Å². The molecule has 0 spiro atoms. The molecule has 5 heavy (non-hydrogen) atoms. The molecule has 1 nitrogen and oxygen atoms in total. The summed E-state index contributed by atoms with van der Waals surface area (Å²) in [5, 5.41) is 0. The van der Waals surface area contributed by atoms with E-state index in [-0.39, 0.29) is 85.7 Å². The van der Waals surface area contributed by atoms with E-state index in [0.29, 0.717) is 0 Å². The Labute approximate surface area is 84.5 Å². The molecule has 0 aliphatic rings. The Balaban J connectivity index is 0. The third-order valence-electron chi connectivity index (χ3n) is 0. The van der Waals surface area contributed by atoms with E-state index in [4.69, 9.17) is 0 Å². The van der Waals surface area contributed by atoms with E-state index < -0.39 is 0 Å². The van der Waals surface area contributed by atoms with Crippen LogP contribution in [0.25, 0.3) is 0 Å². The number of hydrogen-bond donors (Lipinski definition) is 0. The third kappa shape index (κ3) is 21.1. The normalized spacial score (nSPS) is 0. The molecule has 0 fully saturated rings. The summed E-state index contributed by atoms with van der Waals surface area (Å²) in [7, 11) is 0. The molecule has 0 unspecified atom stereocenters. The average Bonchev–Trinajstić information content (AvgIpc) is 0. The fourth-order valence-electron chi connectivity index (χ4n) is 0. The van der Waals surface area contributed by atoms with Gasteiger partial charge in [0.15, 0.2) is 0 Å². The second-order valence-electron chi connectivity index (χ2n) is 0. The van der Waals surface area contributed by atoms with Crippen LogP contribution in [0.15, 0.2) is 0 Å². The molecule has 0 atom stereocenters. The maximum Gasteiger partial charge on any atom is 0 e. The summed E-state index contributed by atoms with van der Waals surface area (Å²) in [6.07, 6.45) is 0. The molecule has 34 valence electrons. The van der Waals surface area contributed by atoms with Crippen molar-refractivity contribution in [2.75, 3.05) is 0 Å². The van der Waals surface area contributed by atoms with E-state index in [1.54, 1.807) is 0 Å². The fraction of sp³-hybridized carbons (Fsp3) is 0. The molecule has 2 radical (unpaired) electrons. The molecular weight excluding hydrogens is 208 g/mol. The van der Waals surface area contributed by atoms with Crippen LogP contribution in [0.2, 0.25) is 0 Å². The topological polar surface area (TPSA) is 31.5 Å². The SMILES string of the molecule is O.[Fe].[Mn].[Na].[Ni]. The molecule has 0 aromatic heterocycles. The number of rotatable bonds is 0. The summed E-state index contributed by atoms with van der Waals surface area (Å²) in [5.74, 6) is 0. The minimum atomic E-state index is 0. The van der Waals surface area contributed by atoms with Gasteiger partial charge in [-0.25, -0.2) is 0 Å². The Bertz CT molecular complexity index is 11.6. The summed E-state index contributed by atoms with van der Waals surface area (Å²) in [6, 6.07) is 0. The van der Waals surface area contributed by atoms with E-state index in [1.807, 2.05) is 0 Å². The fourth-order valence-corrected chi connectivity index (χ4v) is 0. The largest absolute Gasteiger partial charge is 0.412 e. The zero-order valence-electron chi connectivity index (χ0n) is 2.55. The van der Waals surface area contributed by atoms with Crippen LogP contribution in [-0.2, 0) is 50.6 Å². The first-order valence-electron chi connectivity index (χ1n) is 0. The standard InChI is InChI=1S/Fe.Mn.Na.Ni.H2O/h;;;;1H2. The Hall–Kier alpha value is 2.49. The minimum Gasteiger partial charge on any atom is -0.412 e. The molecule has 0 amide bonds. The van der Waals surface area contributed by atoms with Crippen molar-refractivity contribution in [3.8, 4) is 0 Å². The Morgan fingerprint density at radius 1 is 1.00 bits per heavy atom. The molecule has 5 heteroatoms. The van der Waals surface area contributed by atoms with Crippen LogP contribution in [0.1, 0.15) is 0 Å². The Kier molecular flexibility index (Phi) is 321. The van der Waals surface area contributed by atoms with Crippen molar-refractivity contribution in [3.05, 3.63) is 0 Å². The van der Waals surface area contributed by atoms with Crippen LogP contribution in [0.4, 0.5) is 0 Å². The predicted octanol–water partition coefficient (Wildman–Crippen LogP) is -1.21. The summed E-state index contributed by atoms with van der Waals surface area (Å²) in [4.78, 5) is 0. The maximum atomic E-state index is 0. The maximum absolute atomic E-state index is 0. The molecule has 0 heterocycles. The predicted molar refractivity (Wildman–Crippen MR) is 9.37 cm³/mol. The smallest absolute Gasteiger partial charge is 0 e. The second-order valence-corrected chi connectivity index (χ2v) is 0. The van der Waals surface area contributed by atoms with Crippen molar-refractivity contribution in [2.45, 2.75) is 0 Å². The Morgan fingerprint density at radius 2 is 1.00 bits per heavy atom. The summed E-state index contributed by atoms with van der Waals surface area (Å²) < 4.78 is 0. The summed E-state index contributed by atoms with van der Waals surface area (Å²) in [5.41, 5.74) is 0. The van der Waals surface area contributed by atoms with Crippen molar-refractivity contribution in [2.24, 2.45) is 0 Å². The van der Waals surface area contributed by atoms with Crippen LogP contribution in [0, 0.1) is 0 Å². The molecule has 2 N–H and O–H groups in total. The molecule has 0 saturated heterocycles. The molecule has 0 aliphatic heterocycles. The van der Waals surface area contributed by atoms with Gasteiger partial charge >= 0.3 is 0 Å². The molecule has 0 aromatic rings. The van der Waals surface area contributed by atoms with Crippen LogP contribution >= 0.6 is 0 Å². The van der Waals surface area contributed by atoms with Gasteiger partial charge in [-0.2, -0.15) is 0 Å². The van der Waals surface area contributed by atoms with Crippen molar-refractivity contribution < 1.29 is 56.1 Å². The van der Waals surface area contributed by atoms with E-state index in [1.165, 1.54) is 0 Å². The van der Waals surface area contributed by atoms with Crippen LogP contribution < -0.4 is 0 Å². The molecule has 0 saturated carbocycles. The molecular formula is H2FeMnNaNiO. The van der Waals surface area contributed by atoms with Crippen molar-refractivity contribution in [1.82, 2.24) is 0 Å². The van der Waals surface area contributed by atoms with Gasteiger partial charge in [0.1, 0.15) is 0 Å². The molecule has 0 bridgehead atoms. The number of hydrogen-bond acceptors (Lipinski definition) is 0. The van der Waals surface area contributed by atoms with Gasteiger partial charge in [0.2, 0.25) is 0 Å². The second kappa shape index (κ2) is 31.5. The summed E-state index contributed by atoms with van der Waals surface area (Å²) >= 11 is 0. The first-order chi connectivity index (χ1) is 0. The quantitative estimate of drug-likeness (QED) is 0.449. The third-order valence-corrected chi connectivity index (χ3v) is 0. The van der Waals surface area contributed by atoms with Gasteiger partial charge in [0.25, 0.3) is 0 Å². The average molecular weight is 210 g/mol. The monoisotopic (exact) mass is 210 g/mol. The zero-order chi connectivity index (χ0) is 0. The minimum absolute atomic E-state index is 0.